The van der Waals surface area contributed by atoms with Crippen LogP contribution in [0, 0.1) is 5.92 Å². The lowest BCUT2D eigenvalue weighted by Gasteiger charge is -2.31. The molecule has 2 saturated heterocycles. The van der Waals surface area contributed by atoms with Gasteiger partial charge >= 0.3 is 5.97 Å². The first-order valence-electron chi connectivity index (χ1n) is 14.9. The van der Waals surface area contributed by atoms with E-state index in [0.29, 0.717) is 44.9 Å². The number of piperidine rings is 2. The molecular weight excluding hydrogens is 560 g/mol. The smallest absolute Gasteiger partial charge is 0.331 e. The predicted octanol–water partition coefficient (Wildman–Crippen LogP) is 3.99. The molecule has 0 spiro atoms. The van der Waals surface area contributed by atoms with Crippen molar-refractivity contribution >= 4 is 16.0 Å². The fourth-order valence-electron chi connectivity index (χ4n) is 5.17. The van der Waals surface area contributed by atoms with E-state index in [2.05, 4.69) is 21.9 Å². The molecule has 2 heterocycles. The van der Waals surface area contributed by atoms with Crippen LogP contribution >= 0.6 is 0 Å². The number of nitrogens with zero attached hydrogens (tertiary/aromatic N) is 3. The van der Waals surface area contributed by atoms with Gasteiger partial charge in [-0.05, 0) is 100 Å². The number of sulfonamides is 1. The lowest BCUT2D eigenvalue weighted by Crippen LogP contribution is -2.45. The number of benzene rings is 2. The summed E-state index contributed by atoms with van der Waals surface area (Å²) in [5.74, 6) is 0.190. The molecule has 2 N–H and O–H groups in total. The van der Waals surface area contributed by atoms with Gasteiger partial charge in [-0.15, -0.1) is 0 Å². The van der Waals surface area contributed by atoms with Crippen LogP contribution in [0.3, 0.4) is 0 Å². The van der Waals surface area contributed by atoms with E-state index in [1.54, 1.807) is 0 Å². The molecule has 232 valence electrons. The minimum Gasteiger partial charge on any atom is -0.494 e. The molecule has 2 aromatic rings. The zero-order valence-electron chi connectivity index (χ0n) is 24.4. The van der Waals surface area contributed by atoms with Gasteiger partial charge in [0, 0.05) is 13.1 Å². The Balaban J connectivity index is 1.20. The van der Waals surface area contributed by atoms with E-state index in [4.69, 9.17) is 14.3 Å². The van der Waals surface area contributed by atoms with Gasteiger partial charge in [-0.2, -0.15) is 0 Å². The van der Waals surface area contributed by atoms with Gasteiger partial charge < -0.3 is 14.3 Å². The summed E-state index contributed by atoms with van der Waals surface area (Å²) in [4.78, 5) is 22.4. The van der Waals surface area contributed by atoms with E-state index >= 15 is 0 Å². The maximum Gasteiger partial charge on any atom is 0.331 e. The Labute approximate surface area is 249 Å². The second kappa shape index (κ2) is 16.2. The largest absolute Gasteiger partial charge is 0.494 e. The SMILES string of the molecule is CCCCOc1ccc(S(=O)(=O)N(NO)OC(=O)C2CCN(Cc3ccc(OCCN4CCCCC4)cc3)CC2)cc1. The summed E-state index contributed by atoms with van der Waals surface area (Å²) in [6.45, 7) is 8.61. The van der Waals surface area contributed by atoms with E-state index in [-0.39, 0.29) is 9.47 Å². The van der Waals surface area contributed by atoms with Gasteiger partial charge in [0.1, 0.15) is 18.1 Å². The zero-order valence-corrected chi connectivity index (χ0v) is 25.3. The zero-order chi connectivity index (χ0) is 29.8. The van der Waals surface area contributed by atoms with Crippen molar-refractivity contribution in [3.63, 3.8) is 0 Å². The van der Waals surface area contributed by atoms with Crippen molar-refractivity contribution in [2.45, 2.75) is 63.3 Å². The first kappa shape index (κ1) is 32.2. The number of rotatable bonds is 15. The Hall–Kier alpha value is -2.74. The van der Waals surface area contributed by atoms with E-state index in [9.17, 15) is 18.4 Å². The molecule has 4 rings (SSSR count). The van der Waals surface area contributed by atoms with Crippen molar-refractivity contribution in [2.24, 2.45) is 5.92 Å². The van der Waals surface area contributed by atoms with Gasteiger partial charge in [0.2, 0.25) is 0 Å². The Bertz CT molecular complexity index is 1200. The van der Waals surface area contributed by atoms with Crippen LogP contribution in [0.4, 0.5) is 0 Å². The molecule has 2 aliphatic rings. The summed E-state index contributed by atoms with van der Waals surface area (Å²) in [7, 11) is -4.34. The van der Waals surface area contributed by atoms with Crippen LogP contribution in [0.5, 0.6) is 11.5 Å². The molecule has 2 aliphatic heterocycles. The quantitative estimate of drug-likeness (QED) is 0.228. The van der Waals surface area contributed by atoms with E-state index in [0.717, 1.165) is 50.3 Å². The molecule has 0 aliphatic carbocycles. The molecule has 0 amide bonds. The van der Waals surface area contributed by atoms with Crippen LogP contribution in [-0.2, 0) is 26.2 Å². The molecule has 0 atom stereocenters. The lowest BCUT2D eigenvalue weighted by atomic mass is 9.97. The topological polar surface area (TPSA) is 121 Å². The first-order chi connectivity index (χ1) is 20.4. The van der Waals surface area contributed by atoms with Gasteiger partial charge in [-0.3, -0.25) is 15.0 Å². The fraction of sp³-hybridized carbons (Fsp3) is 0.567. The van der Waals surface area contributed by atoms with Crippen molar-refractivity contribution in [3.8, 4) is 11.5 Å². The summed E-state index contributed by atoms with van der Waals surface area (Å²) >= 11 is 0. The Kier molecular flexibility index (Phi) is 12.4. The average Bonchev–Trinajstić information content (AvgIpc) is 3.02. The highest BCUT2D eigenvalue weighted by Crippen LogP contribution is 2.24. The number of hydrogen-bond acceptors (Lipinski definition) is 10. The van der Waals surface area contributed by atoms with Gasteiger partial charge in [-0.25, -0.2) is 13.2 Å². The fourth-order valence-corrected chi connectivity index (χ4v) is 6.12. The standard InChI is InChI=1S/C30H44N4O7S/c1-2-3-22-39-28-11-13-29(14-12-28)42(37,38)34(31-36)41-30(35)26-15-19-33(20-16-26)24-25-7-9-27(10-8-25)40-23-21-32-17-5-4-6-18-32/h7-14,26,31,36H,2-6,15-24H2,1H3. The third-order valence-electron chi connectivity index (χ3n) is 7.74. The normalized spacial score (nSPS) is 17.3. The minimum absolute atomic E-state index is 0.102. The third-order valence-corrected chi connectivity index (χ3v) is 9.20. The predicted molar refractivity (Wildman–Crippen MR) is 157 cm³/mol. The van der Waals surface area contributed by atoms with Gasteiger partial charge in [0.25, 0.3) is 10.0 Å². The Morgan fingerprint density at radius 2 is 1.52 bits per heavy atom. The average molecular weight is 605 g/mol. The van der Waals surface area contributed by atoms with Gasteiger partial charge in [0.15, 0.2) is 0 Å². The molecule has 0 unspecified atom stereocenters. The number of unbranched alkanes of at least 4 members (excludes halogenated alkanes) is 1. The molecular formula is C30H44N4O7S. The van der Waals surface area contributed by atoms with E-state index in [1.165, 1.54) is 49.1 Å². The summed E-state index contributed by atoms with van der Waals surface area (Å²) < 4.78 is 37.4. The highest BCUT2D eigenvalue weighted by molar-refractivity contribution is 7.89. The number of nitrogens with one attached hydrogen (secondary N) is 1. The Morgan fingerprint density at radius 1 is 0.905 bits per heavy atom. The van der Waals surface area contributed by atoms with E-state index in [1.807, 2.05) is 19.1 Å². The van der Waals surface area contributed by atoms with Crippen molar-refractivity contribution in [2.75, 3.05) is 45.9 Å². The molecule has 12 heteroatoms. The van der Waals surface area contributed by atoms with Crippen molar-refractivity contribution in [3.05, 3.63) is 54.1 Å². The van der Waals surface area contributed by atoms with E-state index < -0.39 is 21.9 Å². The molecule has 0 saturated carbocycles. The molecule has 0 bridgehead atoms. The van der Waals surface area contributed by atoms with Crippen LogP contribution in [0.15, 0.2) is 53.4 Å². The molecule has 0 aromatic heterocycles. The van der Waals surface area contributed by atoms with Crippen LogP contribution in [0.2, 0.25) is 0 Å². The van der Waals surface area contributed by atoms with Crippen LogP contribution in [0.1, 0.15) is 57.4 Å². The first-order valence-corrected chi connectivity index (χ1v) is 16.4. The lowest BCUT2D eigenvalue weighted by molar-refractivity contribution is -0.209. The maximum absolute atomic E-state index is 12.9. The maximum atomic E-state index is 12.9. The van der Waals surface area contributed by atoms with Crippen LogP contribution in [0.25, 0.3) is 0 Å². The van der Waals surface area contributed by atoms with Crippen LogP contribution in [-0.4, -0.2) is 79.9 Å². The number of likely N-dealkylation sites (tertiary alicyclic amines) is 2. The summed E-state index contributed by atoms with van der Waals surface area (Å²) in [6, 6.07) is 13.8. The minimum atomic E-state index is -4.34. The highest BCUT2D eigenvalue weighted by atomic mass is 32.2. The third kappa shape index (κ3) is 9.38. The van der Waals surface area contributed by atoms with Gasteiger partial charge in [0.05, 0.1) is 22.0 Å². The summed E-state index contributed by atoms with van der Waals surface area (Å²) in [6.07, 6.45) is 6.78. The van der Waals surface area contributed by atoms with Gasteiger partial charge in [-0.1, -0.05) is 37.5 Å². The molecule has 2 fully saturated rings. The molecule has 42 heavy (non-hydrogen) atoms. The monoisotopic (exact) mass is 604 g/mol. The number of ether oxygens (including phenoxy) is 2. The molecule has 2 aromatic carbocycles. The second-order valence-corrected chi connectivity index (χ2v) is 12.6. The highest BCUT2D eigenvalue weighted by Gasteiger charge is 2.33. The second-order valence-electron chi connectivity index (χ2n) is 10.9. The number of hydrazine groups is 1. The van der Waals surface area contributed by atoms with Crippen LogP contribution < -0.4 is 15.1 Å². The number of carbonyl (C=O) groups is 1. The molecule has 0 radical (unpaired) electrons. The summed E-state index contributed by atoms with van der Waals surface area (Å²) in [5, 5.41) is 9.48. The molecule has 11 nitrogen and oxygen atoms in total. The van der Waals surface area contributed by atoms with Crippen molar-refractivity contribution in [1.29, 1.82) is 0 Å². The van der Waals surface area contributed by atoms with Crippen molar-refractivity contribution in [1.82, 2.24) is 20.0 Å². The Morgan fingerprint density at radius 3 is 2.14 bits per heavy atom. The number of carbonyl (C=O) groups excluding carboxylic acids is 1. The summed E-state index contributed by atoms with van der Waals surface area (Å²) in [5.41, 5.74) is 2.65. The number of hydrogen-bond donors (Lipinski definition) is 2. The van der Waals surface area contributed by atoms with Crippen molar-refractivity contribution < 1.29 is 32.7 Å².